The Labute approximate surface area is 199 Å². The summed E-state index contributed by atoms with van der Waals surface area (Å²) >= 11 is 0. The second-order valence-corrected chi connectivity index (χ2v) is 8.22. The lowest BCUT2D eigenvalue weighted by molar-refractivity contribution is -0.137. The predicted octanol–water partition coefficient (Wildman–Crippen LogP) is 3.78. The Hall–Kier alpha value is -4.13. The van der Waals surface area contributed by atoms with Crippen LogP contribution < -0.4 is 10.3 Å². The van der Waals surface area contributed by atoms with E-state index < -0.39 is 28.8 Å². The maximum atomic E-state index is 13.6. The van der Waals surface area contributed by atoms with Crippen molar-refractivity contribution in [3.8, 4) is 11.8 Å². The number of anilines is 1. The van der Waals surface area contributed by atoms with Crippen molar-refractivity contribution in [2.45, 2.75) is 19.5 Å². The standard InChI is InChI=1S/C25H22F3N5O2/c1-17-15-22(34)23(30-33(17)21-6-3-2-5-20(21)25(26,27)28)24(35)32-12-4-11-31(13-14-32)19-9-7-18(16-29)8-10-19/h2-3,5-10,15H,4,11-14H2,1H3. The highest BCUT2D eigenvalue weighted by Crippen LogP contribution is 2.33. The number of para-hydroxylation sites is 1. The summed E-state index contributed by atoms with van der Waals surface area (Å²) in [6.07, 6.45) is -4.00. The number of amides is 1. The van der Waals surface area contributed by atoms with Gasteiger partial charge in [-0.1, -0.05) is 12.1 Å². The highest BCUT2D eigenvalue weighted by atomic mass is 19.4. The number of hydrogen-bond donors (Lipinski definition) is 0. The summed E-state index contributed by atoms with van der Waals surface area (Å²) in [5.41, 5.74) is -0.570. The minimum atomic E-state index is -4.63. The van der Waals surface area contributed by atoms with E-state index in [1.165, 1.54) is 30.0 Å². The van der Waals surface area contributed by atoms with Gasteiger partial charge in [0, 0.05) is 43.6 Å². The quantitative estimate of drug-likeness (QED) is 0.569. The third-order valence-electron chi connectivity index (χ3n) is 5.89. The maximum absolute atomic E-state index is 13.6. The fraction of sp³-hybridized carbons (Fsp3) is 0.280. The largest absolute Gasteiger partial charge is 0.418 e. The van der Waals surface area contributed by atoms with Crippen LogP contribution in [-0.2, 0) is 6.18 Å². The number of halogens is 3. The van der Waals surface area contributed by atoms with Gasteiger partial charge in [-0.15, -0.1) is 0 Å². The SMILES string of the molecule is Cc1cc(=O)c(C(=O)N2CCCN(c3ccc(C#N)cc3)CC2)nn1-c1ccccc1C(F)(F)F. The minimum absolute atomic E-state index is 0.186. The summed E-state index contributed by atoms with van der Waals surface area (Å²) in [7, 11) is 0. The van der Waals surface area contributed by atoms with Gasteiger partial charge in [-0.2, -0.15) is 23.5 Å². The van der Waals surface area contributed by atoms with E-state index in [-0.39, 0.29) is 11.4 Å². The summed E-state index contributed by atoms with van der Waals surface area (Å²) in [4.78, 5) is 29.5. The molecule has 0 atom stereocenters. The molecule has 3 aromatic rings. The van der Waals surface area contributed by atoms with Gasteiger partial charge in [-0.3, -0.25) is 9.59 Å². The molecule has 1 amide bonds. The number of aromatic nitrogens is 2. The highest BCUT2D eigenvalue weighted by molar-refractivity contribution is 5.92. The molecule has 4 rings (SSSR count). The molecule has 2 aromatic carbocycles. The third-order valence-corrected chi connectivity index (χ3v) is 5.89. The van der Waals surface area contributed by atoms with Gasteiger partial charge in [0.05, 0.1) is 22.9 Å². The Bertz CT molecular complexity index is 1340. The summed E-state index contributed by atoms with van der Waals surface area (Å²) in [5, 5.41) is 13.1. The highest BCUT2D eigenvalue weighted by Gasteiger charge is 2.34. The molecule has 180 valence electrons. The Morgan fingerprint density at radius 2 is 1.74 bits per heavy atom. The molecule has 0 spiro atoms. The first-order valence-electron chi connectivity index (χ1n) is 11.0. The summed E-state index contributed by atoms with van der Waals surface area (Å²) < 4.78 is 41.7. The van der Waals surface area contributed by atoms with E-state index in [2.05, 4.69) is 16.1 Å². The van der Waals surface area contributed by atoms with Crippen LogP contribution in [0.2, 0.25) is 0 Å². The van der Waals surface area contributed by atoms with Crippen molar-refractivity contribution < 1.29 is 18.0 Å². The molecule has 0 unspecified atom stereocenters. The Kier molecular flexibility index (Phi) is 6.60. The smallest absolute Gasteiger partial charge is 0.370 e. The van der Waals surface area contributed by atoms with Gasteiger partial charge in [-0.25, -0.2) is 4.68 Å². The zero-order valence-electron chi connectivity index (χ0n) is 18.9. The molecular formula is C25H22F3N5O2. The molecule has 0 aliphatic carbocycles. The fourth-order valence-electron chi connectivity index (χ4n) is 4.11. The topological polar surface area (TPSA) is 82.2 Å². The van der Waals surface area contributed by atoms with Gasteiger partial charge in [0.1, 0.15) is 0 Å². The van der Waals surface area contributed by atoms with Gasteiger partial charge in [-0.05, 0) is 49.7 Å². The van der Waals surface area contributed by atoms with Crippen molar-refractivity contribution in [1.82, 2.24) is 14.7 Å². The van der Waals surface area contributed by atoms with Gasteiger partial charge in [0.25, 0.3) is 5.91 Å². The van der Waals surface area contributed by atoms with E-state index in [0.29, 0.717) is 38.2 Å². The Morgan fingerprint density at radius 3 is 2.43 bits per heavy atom. The average Bonchev–Trinajstić information content (AvgIpc) is 3.10. The van der Waals surface area contributed by atoms with Crippen LogP contribution in [-0.4, -0.2) is 46.8 Å². The van der Waals surface area contributed by atoms with Gasteiger partial charge < -0.3 is 9.80 Å². The first kappa shape index (κ1) is 24.0. The number of alkyl halides is 3. The van der Waals surface area contributed by atoms with E-state index in [9.17, 15) is 22.8 Å². The molecule has 1 aliphatic rings. The molecule has 1 fully saturated rings. The normalized spacial score (nSPS) is 14.4. The van der Waals surface area contributed by atoms with Crippen LogP contribution in [0, 0.1) is 18.3 Å². The molecular weight excluding hydrogens is 459 g/mol. The van der Waals surface area contributed by atoms with Gasteiger partial charge in [0.2, 0.25) is 5.43 Å². The number of benzene rings is 2. The van der Waals surface area contributed by atoms with Crippen molar-refractivity contribution in [1.29, 1.82) is 5.26 Å². The number of carbonyl (C=O) groups excluding carboxylic acids is 1. The molecule has 2 heterocycles. The lowest BCUT2D eigenvalue weighted by Crippen LogP contribution is -2.39. The van der Waals surface area contributed by atoms with E-state index in [1.807, 2.05) is 12.1 Å². The predicted molar refractivity (Wildman–Crippen MR) is 123 cm³/mol. The molecule has 7 nitrogen and oxygen atoms in total. The molecule has 0 N–H and O–H groups in total. The second-order valence-electron chi connectivity index (χ2n) is 8.22. The summed E-state index contributed by atoms with van der Waals surface area (Å²) in [6, 6.07) is 15.2. The number of nitriles is 1. The van der Waals surface area contributed by atoms with Crippen LogP contribution in [0.3, 0.4) is 0 Å². The van der Waals surface area contributed by atoms with Crippen LogP contribution >= 0.6 is 0 Å². The fourth-order valence-corrected chi connectivity index (χ4v) is 4.11. The molecule has 1 aromatic heterocycles. The third kappa shape index (κ3) is 5.04. The monoisotopic (exact) mass is 481 g/mol. The first-order chi connectivity index (χ1) is 16.7. The van der Waals surface area contributed by atoms with Gasteiger partial charge in [0.15, 0.2) is 5.69 Å². The van der Waals surface area contributed by atoms with Crippen LogP contribution in [0.25, 0.3) is 5.69 Å². The van der Waals surface area contributed by atoms with Crippen LogP contribution in [0.4, 0.5) is 18.9 Å². The lowest BCUT2D eigenvalue weighted by Gasteiger charge is -2.24. The van der Waals surface area contributed by atoms with Crippen LogP contribution in [0.15, 0.2) is 59.4 Å². The first-order valence-corrected chi connectivity index (χ1v) is 11.0. The summed E-state index contributed by atoms with van der Waals surface area (Å²) in [6.45, 7) is 3.32. The lowest BCUT2D eigenvalue weighted by atomic mass is 10.1. The second kappa shape index (κ2) is 9.62. The summed E-state index contributed by atoms with van der Waals surface area (Å²) in [5.74, 6) is -0.616. The molecule has 1 saturated heterocycles. The molecule has 0 radical (unpaired) electrons. The number of nitrogens with zero attached hydrogens (tertiary/aromatic N) is 5. The number of rotatable bonds is 3. The van der Waals surface area contributed by atoms with E-state index >= 15 is 0 Å². The number of aryl methyl sites for hydroxylation is 1. The van der Waals surface area contributed by atoms with Crippen molar-refractivity contribution in [3.05, 3.63) is 87.3 Å². The molecule has 1 aliphatic heterocycles. The molecule has 10 heteroatoms. The molecule has 0 bridgehead atoms. The zero-order valence-corrected chi connectivity index (χ0v) is 18.9. The van der Waals surface area contributed by atoms with Gasteiger partial charge >= 0.3 is 6.18 Å². The minimum Gasteiger partial charge on any atom is -0.370 e. The van der Waals surface area contributed by atoms with E-state index in [4.69, 9.17) is 5.26 Å². The number of hydrogen-bond acceptors (Lipinski definition) is 5. The maximum Gasteiger partial charge on any atom is 0.418 e. The molecule has 35 heavy (non-hydrogen) atoms. The average molecular weight is 481 g/mol. The van der Waals surface area contributed by atoms with E-state index in [0.717, 1.165) is 22.5 Å². The van der Waals surface area contributed by atoms with Crippen molar-refractivity contribution in [2.24, 2.45) is 0 Å². The number of carbonyl (C=O) groups is 1. The van der Waals surface area contributed by atoms with Crippen LogP contribution in [0.1, 0.15) is 33.7 Å². The van der Waals surface area contributed by atoms with Crippen molar-refractivity contribution in [2.75, 3.05) is 31.1 Å². The van der Waals surface area contributed by atoms with Crippen molar-refractivity contribution in [3.63, 3.8) is 0 Å². The van der Waals surface area contributed by atoms with Crippen molar-refractivity contribution >= 4 is 11.6 Å². The zero-order chi connectivity index (χ0) is 25.2. The Balaban J connectivity index is 1.61. The van der Waals surface area contributed by atoms with E-state index in [1.54, 1.807) is 12.1 Å². The van der Waals surface area contributed by atoms with Crippen LogP contribution in [0.5, 0.6) is 0 Å². The molecule has 0 saturated carbocycles. The Morgan fingerprint density at radius 1 is 1.03 bits per heavy atom.